The minimum absolute atomic E-state index is 0.554. The summed E-state index contributed by atoms with van der Waals surface area (Å²) in [4.78, 5) is 0. The molecule has 4 rings (SSSR count). The van der Waals surface area contributed by atoms with Crippen LogP contribution in [0.4, 0.5) is 0 Å². The van der Waals surface area contributed by atoms with Crippen LogP contribution in [0.3, 0.4) is 0 Å². The highest BCUT2D eigenvalue weighted by Crippen LogP contribution is 2.32. The van der Waals surface area contributed by atoms with Gasteiger partial charge in [-0.25, -0.2) is 0 Å². The summed E-state index contributed by atoms with van der Waals surface area (Å²) >= 11 is 2.28. The van der Waals surface area contributed by atoms with Gasteiger partial charge in [0.15, 0.2) is 0 Å². The molecule has 2 aromatic carbocycles. The maximum absolute atomic E-state index is 5.96. The molecule has 2 aromatic heterocycles. The third-order valence-electron chi connectivity index (χ3n) is 3.89. The minimum atomic E-state index is 0.554. The zero-order chi connectivity index (χ0) is 15.8. The zero-order valence-corrected chi connectivity index (χ0v) is 14.7. The molecule has 0 unspecified atom stereocenters. The first-order valence-electron chi connectivity index (χ1n) is 7.44. The quantitative estimate of drug-likeness (QED) is 0.444. The van der Waals surface area contributed by atoms with Crippen molar-refractivity contribution in [1.82, 2.24) is 14.8 Å². The lowest BCUT2D eigenvalue weighted by atomic mass is 10.2. The Morgan fingerprint density at radius 2 is 1.65 bits per heavy atom. The highest BCUT2D eigenvalue weighted by molar-refractivity contribution is 14.1. The van der Waals surface area contributed by atoms with Crippen LogP contribution in [-0.2, 0) is 6.54 Å². The van der Waals surface area contributed by atoms with Crippen LogP contribution in [0, 0.1) is 3.57 Å². The first-order valence-corrected chi connectivity index (χ1v) is 8.52. The normalized spacial score (nSPS) is 11.2. The molecule has 0 bridgehead atoms. The second kappa shape index (κ2) is 5.81. The van der Waals surface area contributed by atoms with E-state index in [-0.39, 0.29) is 0 Å². The first kappa shape index (κ1) is 14.4. The molecule has 4 aromatic rings. The van der Waals surface area contributed by atoms with E-state index in [9.17, 15) is 0 Å². The summed E-state index contributed by atoms with van der Waals surface area (Å²) in [6, 6.07) is 16.3. The van der Waals surface area contributed by atoms with E-state index in [0.717, 1.165) is 26.6 Å². The van der Waals surface area contributed by atoms with Crippen LogP contribution in [0.5, 0.6) is 0 Å². The predicted octanol–water partition coefficient (Wildman–Crippen LogP) is 4.98. The lowest BCUT2D eigenvalue weighted by Gasteiger charge is -1.97. The molecule has 0 amide bonds. The number of halogens is 1. The van der Waals surface area contributed by atoms with E-state index in [4.69, 9.17) is 4.42 Å². The Balaban J connectivity index is 1.86. The Kier molecular flexibility index (Phi) is 3.65. The Morgan fingerprint density at radius 1 is 0.957 bits per heavy atom. The standard InChI is InChI=1S/C18H14IN3O/c1-2-22-11-14(12-7-4-6-10-16(12)22)18-21-20-17(23-18)13-8-3-5-9-15(13)19/h3-11H,2H2,1H3. The number of hydrogen-bond acceptors (Lipinski definition) is 3. The molecule has 114 valence electrons. The molecule has 0 N–H and O–H groups in total. The van der Waals surface area contributed by atoms with Crippen molar-refractivity contribution in [2.24, 2.45) is 0 Å². The molecule has 0 fully saturated rings. The van der Waals surface area contributed by atoms with E-state index in [0.29, 0.717) is 11.8 Å². The van der Waals surface area contributed by atoms with Crippen molar-refractivity contribution in [1.29, 1.82) is 0 Å². The maximum atomic E-state index is 5.96. The van der Waals surface area contributed by atoms with Gasteiger partial charge in [0.25, 0.3) is 0 Å². The fraction of sp³-hybridized carbons (Fsp3) is 0.111. The van der Waals surface area contributed by atoms with Gasteiger partial charge in [0.05, 0.1) is 11.1 Å². The average molecular weight is 415 g/mol. The second-order valence-corrected chi connectivity index (χ2v) is 6.40. The average Bonchev–Trinajstić information content (AvgIpc) is 3.19. The molecule has 23 heavy (non-hydrogen) atoms. The summed E-state index contributed by atoms with van der Waals surface area (Å²) < 4.78 is 9.25. The number of rotatable bonds is 3. The number of para-hydroxylation sites is 1. The summed E-state index contributed by atoms with van der Waals surface area (Å²) in [5.41, 5.74) is 3.12. The summed E-state index contributed by atoms with van der Waals surface area (Å²) in [5.74, 6) is 1.11. The Labute approximate surface area is 147 Å². The summed E-state index contributed by atoms with van der Waals surface area (Å²) in [5, 5.41) is 9.63. The molecule has 0 aliphatic rings. The highest BCUT2D eigenvalue weighted by atomic mass is 127. The van der Waals surface area contributed by atoms with Gasteiger partial charge in [0.2, 0.25) is 11.8 Å². The molecule has 0 aliphatic carbocycles. The molecule has 0 saturated heterocycles. The van der Waals surface area contributed by atoms with Crippen LogP contribution in [0.2, 0.25) is 0 Å². The SMILES string of the molecule is CCn1cc(-c2nnc(-c3ccccc3I)o2)c2ccccc21. The number of fused-ring (bicyclic) bond motifs is 1. The van der Waals surface area contributed by atoms with Crippen LogP contribution in [0.1, 0.15) is 6.92 Å². The number of hydrogen-bond donors (Lipinski definition) is 0. The van der Waals surface area contributed by atoms with Gasteiger partial charge in [-0.2, -0.15) is 0 Å². The van der Waals surface area contributed by atoms with Gasteiger partial charge in [-0.05, 0) is 47.7 Å². The molecule has 4 nitrogen and oxygen atoms in total. The lowest BCUT2D eigenvalue weighted by Crippen LogP contribution is -1.89. The van der Waals surface area contributed by atoms with Gasteiger partial charge >= 0.3 is 0 Å². The number of nitrogens with zero attached hydrogens (tertiary/aromatic N) is 3. The van der Waals surface area contributed by atoms with E-state index in [1.54, 1.807) is 0 Å². The molecule has 0 spiro atoms. The number of aryl methyl sites for hydroxylation is 1. The summed E-state index contributed by atoms with van der Waals surface area (Å²) in [7, 11) is 0. The van der Waals surface area contributed by atoms with Crippen LogP contribution in [0.15, 0.2) is 59.1 Å². The van der Waals surface area contributed by atoms with Gasteiger partial charge in [-0.3, -0.25) is 0 Å². The fourth-order valence-corrected chi connectivity index (χ4v) is 3.37. The van der Waals surface area contributed by atoms with Crippen molar-refractivity contribution >= 4 is 33.5 Å². The van der Waals surface area contributed by atoms with Crippen LogP contribution >= 0.6 is 22.6 Å². The van der Waals surface area contributed by atoms with Crippen molar-refractivity contribution in [3.63, 3.8) is 0 Å². The van der Waals surface area contributed by atoms with E-state index in [1.165, 1.54) is 5.52 Å². The molecule has 5 heteroatoms. The summed E-state index contributed by atoms with van der Waals surface area (Å²) in [6.45, 7) is 3.03. The number of aromatic nitrogens is 3. The molecular weight excluding hydrogens is 401 g/mol. The largest absolute Gasteiger partial charge is 0.416 e. The van der Waals surface area contributed by atoms with Crippen LogP contribution in [0.25, 0.3) is 33.8 Å². The Morgan fingerprint density at radius 3 is 2.43 bits per heavy atom. The van der Waals surface area contributed by atoms with Crippen molar-refractivity contribution < 1.29 is 4.42 Å². The first-order chi connectivity index (χ1) is 11.3. The van der Waals surface area contributed by atoms with E-state index in [2.05, 4.69) is 62.6 Å². The van der Waals surface area contributed by atoms with Gasteiger partial charge in [0.1, 0.15) is 0 Å². The molecule has 0 radical (unpaired) electrons. The van der Waals surface area contributed by atoms with Crippen molar-refractivity contribution in [2.45, 2.75) is 13.5 Å². The van der Waals surface area contributed by atoms with Crippen molar-refractivity contribution in [2.75, 3.05) is 0 Å². The zero-order valence-electron chi connectivity index (χ0n) is 12.5. The smallest absolute Gasteiger partial charge is 0.250 e. The molecule has 0 saturated carbocycles. The highest BCUT2D eigenvalue weighted by Gasteiger charge is 2.17. The van der Waals surface area contributed by atoms with Gasteiger partial charge in [-0.15, -0.1) is 10.2 Å². The van der Waals surface area contributed by atoms with Crippen molar-refractivity contribution in [3.8, 4) is 22.9 Å². The van der Waals surface area contributed by atoms with Gasteiger partial charge < -0.3 is 8.98 Å². The molecule has 2 heterocycles. The van der Waals surface area contributed by atoms with Crippen molar-refractivity contribution in [3.05, 3.63) is 58.3 Å². The van der Waals surface area contributed by atoms with E-state index in [1.807, 2.05) is 36.4 Å². The predicted molar refractivity (Wildman–Crippen MR) is 99.1 cm³/mol. The third-order valence-corrected chi connectivity index (χ3v) is 4.83. The lowest BCUT2D eigenvalue weighted by molar-refractivity contribution is 0.584. The number of benzene rings is 2. The minimum Gasteiger partial charge on any atom is -0.416 e. The maximum Gasteiger partial charge on any atom is 0.250 e. The Hall–Kier alpha value is -2.15. The molecular formula is C18H14IN3O. The molecule has 0 aliphatic heterocycles. The fourth-order valence-electron chi connectivity index (χ4n) is 2.75. The van der Waals surface area contributed by atoms with E-state index >= 15 is 0 Å². The Bertz CT molecular complexity index is 987. The van der Waals surface area contributed by atoms with Gasteiger partial charge in [0, 0.05) is 27.2 Å². The van der Waals surface area contributed by atoms with Gasteiger partial charge in [-0.1, -0.05) is 30.3 Å². The second-order valence-electron chi connectivity index (χ2n) is 5.24. The molecule has 0 atom stereocenters. The van der Waals surface area contributed by atoms with Crippen LogP contribution < -0.4 is 0 Å². The summed E-state index contributed by atoms with van der Waals surface area (Å²) in [6.07, 6.45) is 2.08. The third kappa shape index (κ3) is 2.45. The monoisotopic (exact) mass is 415 g/mol. The van der Waals surface area contributed by atoms with E-state index < -0.39 is 0 Å². The topological polar surface area (TPSA) is 43.9 Å². The van der Waals surface area contributed by atoms with Crippen LogP contribution in [-0.4, -0.2) is 14.8 Å².